The van der Waals surface area contributed by atoms with Gasteiger partial charge >= 0.3 is 12.0 Å². The lowest BCUT2D eigenvalue weighted by atomic mass is 9.87. The molecule has 0 rings (SSSR count). The number of carbonyl (C=O) groups is 2. The largest absolute Gasteiger partial charge is 0.481 e. The molecule has 0 aromatic carbocycles. The molecule has 0 heterocycles. The number of amides is 2. The quantitative estimate of drug-likeness (QED) is 0.512. The lowest BCUT2D eigenvalue weighted by molar-refractivity contribution is -0.137. The minimum atomic E-state index is -0.792. The van der Waals surface area contributed by atoms with Crippen molar-refractivity contribution in [1.82, 2.24) is 10.6 Å². The summed E-state index contributed by atoms with van der Waals surface area (Å²) in [4.78, 5) is 22.2. The first-order chi connectivity index (χ1) is 9.76. The van der Waals surface area contributed by atoms with E-state index in [4.69, 9.17) is 5.11 Å². The highest BCUT2D eigenvalue weighted by atomic mass is 16.4. The van der Waals surface area contributed by atoms with Crippen LogP contribution in [-0.2, 0) is 4.79 Å². The Balaban J connectivity index is 3.80. The summed E-state index contributed by atoms with van der Waals surface area (Å²) in [5.41, 5.74) is 0.113. The summed E-state index contributed by atoms with van der Waals surface area (Å²) < 4.78 is 0. The zero-order valence-corrected chi connectivity index (χ0v) is 14.0. The number of carbonyl (C=O) groups excluding carboxylic acids is 1. The highest BCUT2D eigenvalue weighted by Crippen LogP contribution is 2.22. The van der Waals surface area contributed by atoms with Gasteiger partial charge in [0.2, 0.25) is 0 Å². The summed E-state index contributed by atoms with van der Waals surface area (Å²) in [6, 6.07) is -0.166. The highest BCUT2D eigenvalue weighted by molar-refractivity contribution is 5.73. The number of hydrogen-bond acceptors (Lipinski definition) is 2. The average Bonchev–Trinajstić information content (AvgIpc) is 2.41. The van der Waals surface area contributed by atoms with Gasteiger partial charge < -0.3 is 15.7 Å². The first-order valence-corrected chi connectivity index (χ1v) is 8.00. The van der Waals surface area contributed by atoms with Gasteiger partial charge in [-0.3, -0.25) is 4.79 Å². The lowest BCUT2D eigenvalue weighted by Gasteiger charge is -2.25. The van der Waals surface area contributed by atoms with E-state index < -0.39 is 5.97 Å². The standard InChI is InChI=1S/C16H32N2O3/c1-5-6-7-10-16(3,4)12-18-15(21)17-11-13(2)8-9-14(19)20/h13H,5-12H2,1-4H3,(H,19,20)(H2,17,18,21). The van der Waals surface area contributed by atoms with Crippen molar-refractivity contribution < 1.29 is 14.7 Å². The Morgan fingerprint density at radius 2 is 1.86 bits per heavy atom. The van der Waals surface area contributed by atoms with Crippen molar-refractivity contribution in [3.8, 4) is 0 Å². The molecule has 0 fully saturated rings. The second-order valence-corrected chi connectivity index (χ2v) is 6.72. The van der Waals surface area contributed by atoms with Crippen molar-refractivity contribution in [3.05, 3.63) is 0 Å². The summed E-state index contributed by atoms with van der Waals surface area (Å²) in [5, 5.41) is 14.3. The van der Waals surface area contributed by atoms with Gasteiger partial charge in [-0.15, -0.1) is 0 Å². The molecule has 0 radical (unpaired) electrons. The molecule has 3 N–H and O–H groups in total. The molecule has 0 spiro atoms. The van der Waals surface area contributed by atoms with Crippen LogP contribution >= 0.6 is 0 Å². The van der Waals surface area contributed by atoms with E-state index in [0.29, 0.717) is 19.5 Å². The van der Waals surface area contributed by atoms with Crippen LogP contribution < -0.4 is 10.6 Å². The van der Waals surface area contributed by atoms with Gasteiger partial charge in [0.05, 0.1) is 0 Å². The Morgan fingerprint density at radius 1 is 1.19 bits per heavy atom. The topological polar surface area (TPSA) is 78.4 Å². The first-order valence-electron chi connectivity index (χ1n) is 8.00. The van der Waals surface area contributed by atoms with E-state index >= 15 is 0 Å². The van der Waals surface area contributed by atoms with Crippen LogP contribution in [0.5, 0.6) is 0 Å². The maximum absolute atomic E-state index is 11.7. The normalized spacial score (nSPS) is 12.8. The van der Waals surface area contributed by atoms with Crippen molar-refractivity contribution in [2.75, 3.05) is 13.1 Å². The summed E-state index contributed by atoms with van der Waals surface area (Å²) in [6.45, 7) is 9.63. The molecule has 0 aliphatic heterocycles. The van der Waals surface area contributed by atoms with E-state index in [-0.39, 0.29) is 23.8 Å². The zero-order valence-electron chi connectivity index (χ0n) is 14.0. The predicted molar refractivity (Wildman–Crippen MR) is 85.4 cm³/mol. The van der Waals surface area contributed by atoms with Crippen molar-refractivity contribution in [1.29, 1.82) is 0 Å². The monoisotopic (exact) mass is 300 g/mol. The molecule has 124 valence electrons. The van der Waals surface area contributed by atoms with Crippen LogP contribution in [0.25, 0.3) is 0 Å². The third kappa shape index (κ3) is 12.2. The number of nitrogens with one attached hydrogen (secondary N) is 2. The smallest absolute Gasteiger partial charge is 0.314 e. The van der Waals surface area contributed by atoms with Crippen LogP contribution in [0.2, 0.25) is 0 Å². The number of rotatable bonds is 11. The molecule has 0 aliphatic carbocycles. The maximum Gasteiger partial charge on any atom is 0.314 e. The van der Waals surface area contributed by atoms with Crippen molar-refractivity contribution in [2.24, 2.45) is 11.3 Å². The molecule has 0 saturated carbocycles. The molecule has 5 nitrogen and oxygen atoms in total. The fourth-order valence-corrected chi connectivity index (χ4v) is 2.06. The third-order valence-electron chi connectivity index (χ3n) is 3.65. The van der Waals surface area contributed by atoms with Gasteiger partial charge in [0.15, 0.2) is 0 Å². The van der Waals surface area contributed by atoms with E-state index in [9.17, 15) is 9.59 Å². The number of unbranched alkanes of at least 4 members (excludes halogenated alkanes) is 2. The van der Waals surface area contributed by atoms with Crippen molar-refractivity contribution >= 4 is 12.0 Å². The van der Waals surface area contributed by atoms with Crippen LogP contribution in [-0.4, -0.2) is 30.2 Å². The summed E-state index contributed by atoms with van der Waals surface area (Å²) in [6.07, 6.45) is 5.47. The van der Waals surface area contributed by atoms with Gasteiger partial charge in [-0.05, 0) is 24.2 Å². The minimum Gasteiger partial charge on any atom is -0.481 e. The van der Waals surface area contributed by atoms with Crippen LogP contribution in [0.1, 0.15) is 66.2 Å². The molecule has 0 bridgehead atoms. The molecular weight excluding hydrogens is 268 g/mol. The Morgan fingerprint density at radius 3 is 2.43 bits per heavy atom. The SMILES string of the molecule is CCCCCC(C)(C)CNC(=O)NCC(C)CCC(=O)O. The van der Waals surface area contributed by atoms with Gasteiger partial charge in [-0.2, -0.15) is 0 Å². The average molecular weight is 300 g/mol. The molecular formula is C16H32N2O3. The van der Waals surface area contributed by atoms with Crippen LogP contribution in [0.4, 0.5) is 4.79 Å². The minimum absolute atomic E-state index is 0.113. The van der Waals surface area contributed by atoms with E-state index in [1.54, 1.807) is 0 Å². The number of carboxylic acid groups (broad SMARTS) is 1. The van der Waals surface area contributed by atoms with E-state index in [1.165, 1.54) is 19.3 Å². The molecule has 1 unspecified atom stereocenters. The lowest BCUT2D eigenvalue weighted by Crippen LogP contribution is -2.42. The predicted octanol–water partition coefficient (Wildman–Crippen LogP) is 3.39. The van der Waals surface area contributed by atoms with Gasteiger partial charge in [0.1, 0.15) is 0 Å². The Kier molecular flexibility index (Phi) is 9.84. The Hall–Kier alpha value is -1.26. The van der Waals surface area contributed by atoms with Crippen molar-refractivity contribution in [3.63, 3.8) is 0 Å². The van der Waals surface area contributed by atoms with Crippen LogP contribution in [0, 0.1) is 11.3 Å². The summed E-state index contributed by atoms with van der Waals surface area (Å²) in [7, 11) is 0. The Labute approximate surface area is 128 Å². The number of carboxylic acids is 1. The molecule has 0 aromatic heterocycles. The van der Waals surface area contributed by atoms with Gasteiger partial charge in [-0.25, -0.2) is 4.79 Å². The van der Waals surface area contributed by atoms with Gasteiger partial charge in [0, 0.05) is 19.5 Å². The van der Waals surface area contributed by atoms with Gasteiger partial charge in [0.25, 0.3) is 0 Å². The summed E-state index contributed by atoms with van der Waals surface area (Å²) in [5.74, 6) is -0.621. The zero-order chi connectivity index (χ0) is 16.3. The Bertz CT molecular complexity index is 317. The molecule has 1 atom stereocenters. The number of hydrogen-bond donors (Lipinski definition) is 3. The molecule has 5 heteroatoms. The maximum atomic E-state index is 11.7. The van der Waals surface area contributed by atoms with Crippen LogP contribution in [0.15, 0.2) is 0 Å². The molecule has 21 heavy (non-hydrogen) atoms. The first kappa shape index (κ1) is 19.7. The van der Waals surface area contributed by atoms with E-state index in [0.717, 1.165) is 6.42 Å². The van der Waals surface area contributed by atoms with E-state index in [1.807, 2.05) is 6.92 Å². The van der Waals surface area contributed by atoms with Crippen LogP contribution in [0.3, 0.4) is 0 Å². The highest BCUT2D eigenvalue weighted by Gasteiger charge is 2.18. The second-order valence-electron chi connectivity index (χ2n) is 6.72. The second kappa shape index (κ2) is 10.5. The van der Waals surface area contributed by atoms with Crippen molar-refractivity contribution in [2.45, 2.75) is 66.2 Å². The summed E-state index contributed by atoms with van der Waals surface area (Å²) >= 11 is 0. The number of urea groups is 1. The fourth-order valence-electron chi connectivity index (χ4n) is 2.06. The van der Waals surface area contributed by atoms with Gasteiger partial charge in [-0.1, -0.05) is 47.0 Å². The number of aliphatic carboxylic acids is 1. The molecule has 0 aliphatic rings. The third-order valence-corrected chi connectivity index (χ3v) is 3.65. The molecule has 0 aromatic rings. The van der Waals surface area contributed by atoms with E-state index in [2.05, 4.69) is 31.4 Å². The molecule has 0 saturated heterocycles. The molecule has 2 amide bonds. The fraction of sp³-hybridized carbons (Fsp3) is 0.875.